The molecule has 0 radical (unpaired) electrons. The summed E-state index contributed by atoms with van der Waals surface area (Å²) in [7, 11) is 0. The molecule has 0 spiro atoms. The molecule has 3 nitrogen and oxygen atoms in total. The molecule has 4 atom stereocenters. The van der Waals surface area contributed by atoms with Gasteiger partial charge >= 0.3 is 0 Å². The number of fused-ring (bicyclic) bond motifs is 7. The Bertz CT molecular complexity index is 817. The van der Waals surface area contributed by atoms with Crippen molar-refractivity contribution in [2.24, 2.45) is 11.8 Å². The molecule has 0 amide bonds. The fraction of sp³-hybridized carbons (Fsp3) is 0.350. The van der Waals surface area contributed by atoms with Crippen molar-refractivity contribution in [3.63, 3.8) is 0 Å². The second-order valence-corrected chi connectivity index (χ2v) is 6.93. The van der Waals surface area contributed by atoms with Crippen LogP contribution >= 0.6 is 0 Å². The molecule has 3 aliphatic rings. The molecule has 2 bridgehead atoms. The Morgan fingerprint density at radius 2 is 2.04 bits per heavy atom. The molecule has 1 aliphatic carbocycles. The molecule has 3 heteroatoms. The maximum absolute atomic E-state index is 13.0. The van der Waals surface area contributed by atoms with E-state index in [-0.39, 0.29) is 17.8 Å². The van der Waals surface area contributed by atoms with Crippen LogP contribution < -0.4 is 0 Å². The lowest BCUT2D eigenvalue weighted by Crippen LogP contribution is -2.43. The molecule has 3 heterocycles. The first-order chi connectivity index (χ1) is 11.2. The highest BCUT2D eigenvalue weighted by Crippen LogP contribution is 2.58. The van der Waals surface area contributed by atoms with Gasteiger partial charge in [-0.25, -0.2) is 0 Å². The van der Waals surface area contributed by atoms with Crippen molar-refractivity contribution < 1.29 is 13.9 Å². The van der Waals surface area contributed by atoms with Crippen LogP contribution in [0.3, 0.4) is 0 Å². The molecule has 116 valence electrons. The highest BCUT2D eigenvalue weighted by atomic mass is 16.5. The lowest BCUT2D eigenvalue weighted by atomic mass is 9.75. The van der Waals surface area contributed by atoms with Crippen molar-refractivity contribution in [1.29, 1.82) is 0 Å². The summed E-state index contributed by atoms with van der Waals surface area (Å²) < 4.78 is 12.3. The molecular formula is C20H18O3. The van der Waals surface area contributed by atoms with Crippen molar-refractivity contribution in [2.45, 2.75) is 31.5 Å². The maximum Gasteiger partial charge on any atom is 0.230 e. The number of ketones is 1. The predicted octanol–water partition coefficient (Wildman–Crippen LogP) is 4.56. The van der Waals surface area contributed by atoms with Crippen LogP contribution in [-0.4, -0.2) is 11.4 Å². The van der Waals surface area contributed by atoms with Crippen molar-refractivity contribution in [3.8, 4) is 11.3 Å². The quantitative estimate of drug-likeness (QED) is 0.725. The molecule has 23 heavy (non-hydrogen) atoms. The van der Waals surface area contributed by atoms with E-state index in [1.54, 1.807) is 0 Å². The molecule has 5 rings (SSSR count). The Morgan fingerprint density at radius 3 is 2.87 bits per heavy atom. The van der Waals surface area contributed by atoms with Gasteiger partial charge in [0.15, 0.2) is 5.76 Å². The van der Waals surface area contributed by atoms with Crippen LogP contribution in [0.2, 0.25) is 0 Å². The third-order valence-corrected chi connectivity index (χ3v) is 5.65. The van der Waals surface area contributed by atoms with E-state index < -0.39 is 5.60 Å². The van der Waals surface area contributed by atoms with Crippen LogP contribution in [0.1, 0.15) is 42.0 Å². The lowest BCUT2D eigenvalue weighted by molar-refractivity contribution is -0.0356. The van der Waals surface area contributed by atoms with Gasteiger partial charge in [-0.05, 0) is 31.7 Å². The van der Waals surface area contributed by atoms with Gasteiger partial charge in [0, 0.05) is 17.0 Å². The molecule has 1 aromatic heterocycles. The third-order valence-electron chi connectivity index (χ3n) is 5.65. The second kappa shape index (κ2) is 4.45. The van der Waals surface area contributed by atoms with Crippen LogP contribution in [0.15, 0.2) is 53.0 Å². The minimum absolute atomic E-state index is 0.00928. The molecule has 1 fully saturated rings. The van der Waals surface area contributed by atoms with E-state index >= 15 is 0 Å². The van der Waals surface area contributed by atoms with Gasteiger partial charge in [-0.3, -0.25) is 4.79 Å². The van der Waals surface area contributed by atoms with Gasteiger partial charge in [-0.2, -0.15) is 0 Å². The Kier molecular flexibility index (Phi) is 2.58. The molecular weight excluding hydrogens is 288 g/mol. The summed E-state index contributed by atoms with van der Waals surface area (Å²) in [5, 5.41) is 0. The monoisotopic (exact) mass is 306 g/mol. The van der Waals surface area contributed by atoms with Crippen molar-refractivity contribution in [3.05, 3.63) is 59.9 Å². The summed E-state index contributed by atoms with van der Waals surface area (Å²) in [4.78, 5) is 13.0. The highest BCUT2D eigenvalue weighted by molar-refractivity contribution is 6.03. The molecule has 0 saturated carbocycles. The predicted molar refractivity (Wildman–Crippen MR) is 86.1 cm³/mol. The van der Waals surface area contributed by atoms with Crippen LogP contribution in [0.25, 0.3) is 11.3 Å². The van der Waals surface area contributed by atoms with Crippen molar-refractivity contribution >= 4 is 5.78 Å². The number of furan rings is 1. The summed E-state index contributed by atoms with van der Waals surface area (Å²) in [6.45, 7) is 1.93. The van der Waals surface area contributed by atoms with Gasteiger partial charge in [-0.15, -0.1) is 0 Å². The van der Waals surface area contributed by atoms with Crippen LogP contribution in [0.4, 0.5) is 0 Å². The van der Waals surface area contributed by atoms with Crippen molar-refractivity contribution in [1.82, 2.24) is 0 Å². The zero-order valence-electron chi connectivity index (χ0n) is 13.0. The van der Waals surface area contributed by atoms with E-state index in [0.717, 1.165) is 29.7 Å². The summed E-state index contributed by atoms with van der Waals surface area (Å²) in [6.07, 6.45) is 6.46. The van der Waals surface area contributed by atoms with E-state index in [4.69, 9.17) is 9.15 Å². The summed E-state index contributed by atoms with van der Waals surface area (Å²) in [6, 6.07) is 11.9. The average Bonchev–Trinajstić information content (AvgIpc) is 3.15. The van der Waals surface area contributed by atoms with Crippen LogP contribution in [0.5, 0.6) is 0 Å². The second-order valence-electron chi connectivity index (χ2n) is 6.93. The summed E-state index contributed by atoms with van der Waals surface area (Å²) in [5.74, 6) is 1.79. The summed E-state index contributed by atoms with van der Waals surface area (Å²) in [5.41, 5.74) is 1.16. The zero-order valence-corrected chi connectivity index (χ0v) is 13.0. The number of hydrogen-bond donors (Lipinski definition) is 0. The van der Waals surface area contributed by atoms with Gasteiger partial charge in [0.2, 0.25) is 5.78 Å². The Balaban J connectivity index is 1.66. The van der Waals surface area contributed by atoms with Gasteiger partial charge in [-0.1, -0.05) is 42.5 Å². The number of carbonyl (C=O) groups is 1. The first-order valence-electron chi connectivity index (χ1n) is 8.27. The number of ether oxygens (including phenoxy) is 1. The number of allylic oxidation sites excluding steroid dienone is 1. The fourth-order valence-corrected chi connectivity index (χ4v) is 4.48. The van der Waals surface area contributed by atoms with E-state index in [1.807, 2.05) is 43.3 Å². The number of rotatable bonds is 1. The third kappa shape index (κ3) is 1.66. The summed E-state index contributed by atoms with van der Waals surface area (Å²) >= 11 is 0. The zero-order chi connectivity index (χ0) is 15.6. The first-order valence-corrected chi connectivity index (χ1v) is 8.27. The molecule has 0 N–H and O–H groups in total. The largest absolute Gasteiger partial charge is 0.452 e. The number of carbonyl (C=O) groups excluding carboxylic acids is 1. The topological polar surface area (TPSA) is 39.4 Å². The van der Waals surface area contributed by atoms with Crippen LogP contribution in [0, 0.1) is 11.8 Å². The molecule has 2 aliphatic heterocycles. The standard InChI is InChI=1S/C20H18O3/c1-20-15-10-6-5-9-13(15)17(23-20)14-11-16(22-18(14)19(20)21)12-7-3-2-4-8-12/h2-4,6-8,10-11,13,15,17H,5,9H2,1H3/t13-,15+,17-,20+/m1/s1. The normalized spacial score (nSPS) is 34.3. The number of hydrogen-bond acceptors (Lipinski definition) is 3. The maximum atomic E-state index is 13.0. The van der Waals surface area contributed by atoms with Crippen molar-refractivity contribution in [2.75, 3.05) is 0 Å². The minimum Gasteiger partial charge on any atom is -0.452 e. The van der Waals surface area contributed by atoms with E-state index in [9.17, 15) is 4.79 Å². The van der Waals surface area contributed by atoms with E-state index in [0.29, 0.717) is 11.7 Å². The Morgan fingerprint density at radius 1 is 1.22 bits per heavy atom. The number of Topliss-reactive ketones (excluding diaryl/α,β-unsaturated/α-hetero) is 1. The van der Waals surface area contributed by atoms with Gasteiger partial charge in [0.05, 0.1) is 6.10 Å². The van der Waals surface area contributed by atoms with Gasteiger partial charge < -0.3 is 9.15 Å². The van der Waals surface area contributed by atoms with Gasteiger partial charge in [0.1, 0.15) is 11.4 Å². The minimum atomic E-state index is -0.773. The lowest BCUT2D eigenvalue weighted by Gasteiger charge is -2.30. The average molecular weight is 306 g/mol. The Labute approximate surface area is 135 Å². The smallest absolute Gasteiger partial charge is 0.230 e. The molecule has 1 saturated heterocycles. The number of benzene rings is 1. The van der Waals surface area contributed by atoms with Gasteiger partial charge in [0.25, 0.3) is 0 Å². The molecule has 2 aromatic rings. The van der Waals surface area contributed by atoms with E-state index in [1.165, 1.54) is 0 Å². The highest BCUT2D eigenvalue weighted by Gasteiger charge is 2.61. The fourth-order valence-electron chi connectivity index (χ4n) is 4.48. The SMILES string of the molecule is C[C@@]12O[C@@H](c3cc(-c4ccccc4)oc3C1=O)[C@@H]1CCC=C[C@@H]12. The van der Waals surface area contributed by atoms with E-state index in [2.05, 4.69) is 12.2 Å². The Hall–Kier alpha value is -2.13. The van der Waals surface area contributed by atoms with Crippen LogP contribution in [-0.2, 0) is 4.74 Å². The molecule has 1 aromatic carbocycles. The first kappa shape index (κ1) is 13.3. The molecule has 0 unspecified atom stereocenters.